The molecule has 6 nitrogen and oxygen atoms in total. The molecule has 32 heavy (non-hydrogen) atoms. The molecule has 1 fully saturated rings. The van der Waals surface area contributed by atoms with E-state index in [0.29, 0.717) is 18.8 Å². The van der Waals surface area contributed by atoms with Crippen LogP contribution in [0.15, 0.2) is 42.6 Å². The van der Waals surface area contributed by atoms with Gasteiger partial charge in [-0.25, -0.2) is 4.98 Å². The molecule has 1 aromatic carbocycles. The number of rotatable bonds is 4. The number of pyridine rings is 1. The van der Waals surface area contributed by atoms with E-state index >= 15 is 0 Å². The number of thiophene rings is 1. The zero-order chi connectivity index (χ0) is 22.1. The first kappa shape index (κ1) is 20.8. The van der Waals surface area contributed by atoms with Gasteiger partial charge in [-0.15, -0.1) is 11.3 Å². The summed E-state index contributed by atoms with van der Waals surface area (Å²) in [5.74, 6) is 0.585. The van der Waals surface area contributed by atoms with E-state index < -0.39 is 0 Å². The van der Waals surface area contributed by atoms with Crippen molar-refractivity contribution >= 4 is 45.1 Å². The Hall–Kier alpha value is -3.03. The molecule has 3 N–H and O–H groups in total. The van der Waals surface area contributed by atoms with E-state index in [2.05, 4.69) is 40.0 Å². The average Bonchev–Trinajstić information content (AvgIpc) is 3.13. The normalized spacial score (nSPS) is 17.5. The Balaban J connectivity index is 1.25. The van der Waals surface area contributed by atoms with E-state index in [1.165, 1.54) is 20.5 Å². The van der Waals surface area contributed by atoms with Crippen molar-refractivity contribution in [3.63, 3.8) is 0 Å². The number of benzene rings is 1. The fourth-order valence-electron chi connectivity index (χ4n) is 4.65. The Morgan fingerprint density at radius 3 is 2.91 bits per heavy atom. The van der Waals surface area contributed by atoms with Crippen LogP contribution in [-0.2, 0) is 22.6 Å². The summed E-state index contributed by atoms with van der Waals surface area (Å²) < 4.78 is 1.24. The molecule has 4 heterocycles. The molecule has 0 radical (unpaired) electrons. The highest BCUT2D eigenvalue weighted by Gasteiger charge is 2.43. The molecule has 0 atom stereocenters. The number of piperidine rings is 1. The third-order valence-corrected chi connectivity index (χ3v) is 7.86. The fourth-order valence-corrected chi connectivity index (χ4v) is 5.80. The van der Waals surface area contributed by atoms with Crippen molar-refractivity contribution in [2.24, 2.45) is 5.41 Å². The van der Waals surface area contributed by atoms with E-state index in [0.717, 1.165) is 37.1 Å². The second-order valence-corrected chi connectivity index (χ2v) is 9.77. The SMILES string of the molecule is Cc1c(CNC(=O)/C=C/c2cnc3c(c2)CC2(CCNCC2)C(=O)N3)sc2ccccc12. The van der Waals surface area contributed by atoms with Crippen LogP contribution in [0.2, 0.25) is 0 Å². The first-order valence-electron chi connectivity index (χ1n) is 11.0. The lowest BCUT2D eigenvalue weighted by molar-refractivity contribution is -0.127. The Kier molecular flexibility index (Phi) is 5.53. The fraction of sp³-hybridized carbons (Fsp3) is 0.320. The highest BCUT2D eigenvalue weighted by Crippen LogP contribution is 2.39. The van der Waals surface area contributed by atoms with Gasteiger partial charge in [0.2, 0.25) is 11.8 Å². The number of amides is 2. The minimum Gasteiger partial charge on any atom is -0.348 e. The van der Waals surface area contributed by atoms with Crippen molar-refractivity contribution < 1.29 is 9.59 Å². The Morgan fingerprint density at radius 2 is 2.09 bits per heavy atom. The van der Waals surface area contributed by atoms with Gasteiger partial charge in [-0.2, -0.15) is 0 Å². The molecular formula is C25H26N4O2S. The van der Waals surface area contributed by atoms with Gasteiger partial charge in [-0.1, -0.05) is 18.2 Å². The predicted octanol–water partition coefficient (Wildman–Crippen LogP) is 3.80. The summed E-state index contributed by atoms with van der Waals surface area (Å²) in [6, 6.07) is 10.3. The lowest BCUT2D eigenvalue weighted by Gasteiger charge is -2.39. The van der Waals surface area contributed by atoms with Crippen LogP contribution in [0.5, 0.6) is 0 Å². The summed E-state index contributed by atoms with van der Waals surface area (Å²) in [6.45, 7) is 4.33. The van der Waals surface area contributed by atoms with Crippen LogP contribution in [0.3, 0.4) is 0 Å². The maximum absolute atomic E-state index is 12.7. The maximum Gasteiger partial charge on any atom is 0.244 e. The van der Waals surface area contributed by atoms with E-state index in [9.17, 15) is 9.59 Å². The summed E-state index contributed by atoms with van der Waals surface area (Å²) in [7, 11) is 0. The molecule has 3 aromatic rings. The topological polar surface area (TPSA) is 83.1 Å². The molecule has 0 aliphatic carbocycles. The van der Waals surface area contributed by atoms with E-state index in [4.69, 9.17) is 0 Å². The van der Waals surface area contributed by atoms with Crippen molar-refractivity contribution in [3.8, 4) is 0 Å². The number of aryl methyl sites for hydroxylation is 1. The smallest absolute Gasteiger partial charge is 0.244 e. The highest BCUT2D eigenvalue weighted by molar-refractivity contribution is 7.19. The molecule has 1 spiro atoms. The van der Waals surface area contributed by atoms with Crippen molar-refractivity contribution in [3.05, 3.63) is 64.2 Å². The quantitative estimate of drug-likeness (QED) is 0.533. The summed E-state index contributed by atoms with van der Waals surface area (Å²) in [5.41, 5.74) is 2.77. The molecule has 2 amide bonds. The lowest BCUT2D eigenvalue weighted by Crippen LogP contribution is -2.48. The molecule has 0 unspecified atom stereocenters. The van der Waals surface area contributed by atoms with Gasteiger partial charge in [0.25, 0.3) is 0 Å². The second-order valence-electron chi connectivity index (χ2n) is 8.64. The molecule has 5 rings (SSSR count). The summed E-state index contributed by atoms with van der Waals surface area (Å²) >= 11 is 1.72. The number of anilines is 1. The number of carbonyl (C=O) groups excluding carboxylic acids is 2. The number of nitrogens with one attached hydrogen (secondary N) is 3. The predicted molar refractivity (Wildman–Crippen MR) is 129 cm³/mol. The summed E-state index contributed by atoms with van der Waals surface area (Å²) in [4.78, 5) is 30.7. The molecule has 1 saturated heterocycles. The number of fused-ring (bicyclic) bond motifs is 2. The zero-order valence-corrected chi connectivity index (χ0v) is 18.8. The van der Waals surface area contributed by atoms with Crippen molar-refractivity contribution in [1.82, 2.24) is 15.6 Å². The van der Waals surface area contributed by atoms with Gasteiger partial charge >= 0.3 is 0 Å². The first-order valence-corrected chi connectivity index (χ1v) is 11.8. The van der Waals surface area contributed by atoms with Gasteiger partial charge < -0.3 is 16.0 Å². The van der Waals surface area contributed by atoms with Gasteiger partial charge in [0.05, 0.1) is 12.0 Å². The Labute approximate surface area is 191 Å². The van der Waals surface area contributed by atoms with E-state index in [-0.39, 0.29) is 17.2 Å². The molecule has 164 valence electrons. The van der Waals surface area contributed by atoms with Gasteiger partial charge in [-0.3, -0.25) is 9.59 Å². The number of nitrogens with zero attached hydrogens (tertiary/aromatic N) is 1. The molecule has 7 heteroatoms. The molecule has 0 saturated carbocycles. The van der Waals surface area contributed by atoms with Gasteiger partial charge in [-0.05, 0) is 79.6 Å². The largest absolute Gasteiger partial charge is 0.348 e. The molecule has 2 aliphatic rings. The minimum absolute atomic E-state index is 0.0817. The average molecular weight is 447 g/mol. The van der Waals surface area contributed by atoms with Gasteiger partial charge in [0, 0.05) is 21.8 Å². The molecule has 2 aromatic heterocycles. The van der Waals surface area contributed by atoms with Crippen LogP contribution >= 0.6 is 11.3 Å². The zero-order valence-electron chi connectivity index (χ0n) is 18.0. The monoisotopic (exact) mass is 446 g/mol. The third kappa shape index (κ3) is 3.94. The Morgan fingerprint density at radius 1 is 1.28 bits per heavy atom. The van der Waals surface area contributed by atoms with Gasteiger partial charge in [0.15, 0.2) is 0 Å². The number of aromatic nitrogens is 1. The second kappa shape index (κ2) is 8.48. The summed E-state index contributed by atoms with van der Waals surface area (Å²) in [5, 5.41) is 10.5. The molecular weight excluding hydrogens is 420 g/mol. The number of carbonyl (C=O) groups is 2. The standard InChI is InChI=1S/C25H26N4O2S/c1-16-19-4-2-3-5-20(19)32-21(16)15-27-22(30)7-6-17-12-18-13-25(8-10-26-11-9-25)24(31)29-23(18)28-14-17/h2-7,12,14,26H,8-11,13,15H2,1H3,(H,27,30)(H,28,29,31)/b7-6+. The van der Waals surface area contributed by atoms with Crippen molar-refractivity contribution in [2.75, 3.05) is 18.4 Å². The Bertz CT molecular complexity index is 1220. The van der Waals surface area contributed by atoms with Crippen LogP contribution in [0.4, 0.5) is 5.82 Å². The van der Waals surface area contributed by atoms with Crippen LogP contribution in [0, 0.1) is 12.3 Å². The van der Waals surface area contributed by atoms with Crippen LogP contribution in [0.1, 0.15) is 34.4 Å². The number of hydrogen-bond donors (Lipinski definition) is 3. The van der Waals surface area contributed by atoms with E-state index in [1.807, 2.05) is 18.2 Å². The highest BCUT2D eigenvalue weighted by atomic mass is 32.1. The number of hydrogen-bond acceptors (Lipinski definition) is 5. The first-order chi connectivity index (χ1) is 15.5. The lowest BCUT2D eigenvalue weighted by atomic mass is 9.71. The van der Waals surface area contributed by atoms with Crippen molar-refractivity contribution in [1.29, 1.82) is 0 Å². The van der Waals surface area contributed by atoms with Crippen LogP contribution < -0.4 is 16.0 Å². The molecule has 2 aliphatic heterocycles. The summed E-state index contributed by atoms with van der Waals surface area (Å²) in [6.07, 6.45) is 7.39. The maximum atomic E-state index is 12.7. The van der Waals surface area contributed by atoms with Crippen LogP contribution in [-0.4, -0.2) is 29.9 Å². The third-order valence-electron chi connectivity index (χ3n) is 6.58. The van der Waals surface area contributed by atoms with E-state index in [1.54, 1.807) is 29.7 Å². The molecule has 0 bridgehead atoms. The van der Waals surface area contributed by atoms with Crippen LogP contribution in [0.25, 0.3) is 16.2 Å². The van der Waals surface area contributed by atoms with Crippen molar-refractivity contribution in [2.45, 2.75) is 32.7 Å². The minimum atomic E-state index is -0.345. The van der Waals surface area contributed by atoms with Gasteiger partial charge in [0.1, 0.15) is 5.82 Å².